The van der Waals surface area contributed by atoms with E-state index in [2.05, 4.69) is 46.3 Å². The van der Waals surface area contributed by atoms with Gasteiger partial charge in [0.25, 0.3) is 11.6 Å². The maximum Gasteiger partial charge on any atom is 0.279 e. The van der Waals surface area contributed by atoms with Gasteiger partial charge in [-0.3, -0.25) is 4.79 Å². The molecule has 0 atom stereocenters. The second kappa shape index (κ2) is 8.11. The Morgan fingerprint density at radius 3 is 2.69 bits per heavy atom. The minimum absolute atomic E-state index is 0.274. The highest BCUT2D eigenvalue weighted by Gasteiger charge is 2.20. The molecule has 0 unspecified atom stereocenters. The molecule has 0 N–H and O–H groups in total. The molecule has 5 rings (SSSR count). The van der Waals surface area contributed by atoms with Gasteiger partial charge in [-0.15, -0.1) is 0 Å². The molecule has 0 spiro atoms. The summed E-state index contributed by atoms with van der Waals surface area (Å²) in [5.41, 5.74) is 4.58. The summed E-state index contributed by atoms with van der Waals surface area (Å²) >= 11 is 0. The van der Waals surface area contributed by atoms with Crippen molar-refractivity contribution < 1.29 is 13.7 Å². The number of hydrogen-bond donors (Lipinski definition) is 0. The zero-order chi connectivity index (χ0) is 22.1. The number of benzene rings is 1. The van der Waals surface area contributed by atoms with Gasteiger partial charge in [-0.2, -0.15) is 4.99 Å². The number of aromatic nitrogens is 3. The number of aryl methyl sites for hydroxylation is 2. The number of carbonyl (C=O) groups excluding carboxylic acids is 1. The standard InChI is InChI=1S/C25H20N4O3/c1-16-8-10-18(11-9-16)15-29-12-4-3-7-22(29)27-24(30)19-14-20(21-6-5-13-31-21)26-25-23(19)17(2)28-32-25/h3-14H,15H2,1-2H3. The van der Waals surface area contributed by atoms with E-state index in [1.54, 1.807) is 31.4 Å². The third-order valence-electron chi connectivity index (χ3n) is 5.23. The highest BCUT2D eigenvalue weighted by molar-refractivity contribution is 6.07. The third kappa shape index (κ3) is 3.76. The highest BCUT2D eigenvalue weighted by Crippen LogP contribution is 2.27. The third-order valence-corrected chi connectivity index (χ3v) is 5.23. The largest absolute Gasteiger partial charge is 0.463 e. The number of carbonyl (C=O) groups is 1. The van der Waals surface area contributed by atoms with Crippen molar-refractivity contribution in [2.24, 2.45) is 4.99 Å². The van der Waals surface area contributed by atoms with Crippen molar-refractivity contribution in [2.75, 3.05) is 0 Å². The van der Waals surface area contributed by atoms with Crippen LogP contribution in [-0.2, 0) is 6.54 Å². The van der Waals surface area contributed by atoms with E-state index in [4.69, 9.17) is 8.94 Å². The smallest absolute Gasteiger partial charge is 0.279 e. The molecule has 1 aromatic carbocycles. The Morgan fingerprint density at radius 1 is 1.06 bits per heavy atom. The molecule has 0 radical (unpaired) electrons. The maximum absolute atomic E-state index is 13.3. The Balaban J connectivity index is 1.60. The Morgan fingerprint density at radius 2 is 1.91 bits per heavy atom. The van der Waals surface area contributed by atoms with Crippen LogP contribution >= 0.6 is 0 Å². The van der Waals surface area contributed by atoms with E-state index >= 15 is 0 Å². The van der Waals surface area contributed by atoms with Crippen LogP contribution in [0.4, 0.5) is 0 Å². The average Bonchev–Trinajstić information content (AvgIpc) is 3.46. The van der Waals surface area contributed by atoms with Crippen LogP contribution in [-0.4, -0.2) is 20.6 Å². The van der Waals surface area contributed by atoms with Crippen molar-refractivity contribution in [1.82, 2.24) is 14.7 Å². The van der Waals surface area contributed by atoms with E-state index in [0.717, 1.165) is 5.56 Å². The predicted molar refractivity (Wildman–Crippen MR) is 119 cm³/mol. The lowest BCUT2D eigenvalue weighted by molar-refractivity contribution is 0.0998. The van der Waals surface area contributed by atoms with E-state index < -0.39 is 5.91 Å². The molecule has 1 amide bonds. The van der Waals surface area contributed by atoms with Crippen molar-refractivity contribution in [1.29, 1.82) is 0 Å². The summed E-state index contributed by atoms with van der Waals surface area (Å²) in [6, 6.07) is 19.1. The van der Waals surface area contributed by atoms with Crippen LogP contribution in [0.3, 0.4) is 0 Å². The van der Waals surface area contributed by atoms with Gasteiger partial charge < -0.3 is 13.5 Å². The van der Waals surface area contributed by atoms with Crippen LogP contribution in [0.5, 0.6) is 0 Å². The van der Waals surface area contributed by atoms with E-state index in [0.29, 0.717) is 40.1 Å². The Hall–Kier alpha value is -4.26. The van der Waals surface area contributed by atoms with Crippen molar-refractivity contribution in [3.63, 3.8) is 0 Å². The minimum atomic E-state index is -0.402. The fourth-order valence-electron chi connectivity index (χ4n) is 3.57. The van der Waals surface area contributed by atoms with Crippen LogP contribution in [0.25, 0.3) is 22.6 Å². The first-order valence-corrected chi connectivity index (χ1v) is 10.2. The monoisotopic (exact) mass is 424 g/mol. The minimum Gasteiger partial charge on any atom is -0.463 e. The average molecular weight is 424 g/mol. The fourth-order valence-corrected chi connectivity index (χ4v) is 3.57. The van der Waals surface area contributed by atoms with Gasteiger partial charge in [0.15, 0.2) is 5.76 Å². The predicted octanol–water partition coefficient (Wildman–Crippen LogP) is 4.69. The van der Waals surface area contributed by atoms with Crippen LogP contribution in [0.1, 0.15) is 27.2 Å². The topological polar surface area (TPSA) is 86.4 Å². The fraction of sp³-hybridized carbons (Fsp3) is 0.120. The summed E-state index contributed by atoms with van der Waals surface area (Å²) in [6.45, 7) is 4.43. The molecule has 0 bridgehead atoms. The number of furan rings is 1. The number of amides is 1. The summed E-state index contributed by atoms with van der Waals surface area (Å²) in [6.07, 6.45) is 3.46. The first-order valence-electron chi connectivity index (χ1n) is 10.2. The van der Waals surface area contributed by atoms with Gasteiger partial charge in [0, 0.05) is 12.7 Å². The molecule has 0 aliphatic rings. The highest BCUT2D eigenvalue weighted by atomic mass is 16.5. The normalized spacial score (nSPS) is 11.9. The molecule has 4 aromatic heterocycles. The van der Waals surface area contributed by atoms with Crippen LogP contribution < -0.4 is 5.49 Å². The second-order valence-corrected chi connectivity index (χ2v) is 7.57. The van der Waals surface area contributed by atoms with E-state index in [-0.39, 0.29) is 5.71 Å². The molecule has 158 valence electrons. The SMILES string of the molecule is Cc1ccc(Cn2ccccc2=NC(=O)c2cc(-c3ccco3)nc3onc(C)c23)cc1. The van der Waals surface area contributed by atoms with Gasteiger partial charge in [0.2, 0.25) is 0 Å². The zero-order valence-corrected chi connectivity index (χ0v) is 17.6. The maximum atomic E-state index is 13.3. The second-order valence-electron chi connectivity index (χ2n) is 7.57. The number of hydrogen-bond acceptors (Lipinski definition) is 5. The summed E-state index contributed by atoms with van der Waals surface area (Å²) in [5.74, 6) is 0.129. The summed E-state index contributed by atoms with van der Waals surface area (Å²) in [5, 5.41) is 4.53. The zero-order valence-electron chi connectivity index (χ0n) is 17.6. The van der Waals surface area contributed by atoms with Gasteiger partial charge in [-0.25, -0.2) is 4.98 Å². The van der Waals surface area contributed by atoms with Gasteiger partial charge in [0.05, 0.1) is 22.9 Å². The van der Waals surface area contributed by atoms with Gasteiger partial charge >= 0.3 is 0 Å². The number of fused-ring (bicyclic) bond motifs is 1. The van der Waals surface area contributed by atoms with Crippen LogP contribution in [0.15, 0.2) is 87.1 Å². The number of rotatable bonds is 4. The molecule has 7 nitrogen and oxygen atoms in total. The summed E-state index contributed by atoms with van der Waals surface area (Å²) in [4.78, 5) is 22.2. The van der Waals surface area contributed by atoms with Crippen molar-refractivity contribution in [3.8, 4) is 11.5 Å². The molecule has 7 heteroatoms. The first kappa shape index (κ1) is 19.7. The molecule has 32 heavy (non-hydrogen) atoms. The molecular weight excluding hydrogens is 404 g/mol. The molecular formula is C25H20N4O3. The van der Waals surface area contributed by atoms with Crippen molar-refractivity contribution in [3.05, 3.63) is 101 Å². The van der Waals surface area contributed by atoms with Crippen molar-refractivity contribution in [2.45, 2.75) is 20.4 Å². The first-order chi connectivity index (χ1) is 15.6. The van der Waals surface area contributed by atoms with Gasteiger partial charge in [-0.1, -0.05) is 41.1 Å². The summed E-state index contributed by atoms with van der Waals surface area (Å²) in [7, 11) is 0. The van der Waals surface area contributed by atoms with Gasteiger partial charge in [0.1, 0.15) is 11.2 Å². The lowest BCUT2D eigenvalue weighted by atomic mass is 10.1. The lowest BCUT2D eigenvalue weighted by Crippen LogP contribution is -2.22. The number of nitrogens with zero attached hydrogens (tertiary/aromatic N) is 4. The lowest BCUT2D eigenvalue weighted by Gasteiger charge is -2.08. The quantitative estimate of drug-likeness (QED) is 0.418. The molecule has 4 heterocycles. The molecule has 0 fully saturated rings. The van der Waals surface area contributed by atoms with Crippen LogP contribution in [0, 0.1) is 13.8 Å². The molecule has 0 saturated carbocycles. The molecule has 0 aliphatic carbocycles. The molecule has 5 aromatic rings. The Bertz CT molecular complexity index is 1480. The Kier molecular flexibility index (Phi) is 4.99. The summed E-state index contributed by atoms with van der Waals surface area (Å²) < 4.78 is 12.7. The van der Waals surface area contributed by atoms with E-state index in [1.807, 2.05) is 29.0 Å². The van der Waals surface area contributed by atoms with E-state index in [1.165, 1.54) is 5.56 Å². The van der Waals surface area contributed by atoms with Crippen LogP contribution in [0.2, 0.25) is 0 Å². The van der Waals surface area contributed by atoms with E-state index in [9.17, 15) is 4.79 Å². The number of pyridine rings is 2. The molecule has 0 saturated heterocycles. The molecule has 0 aliphatic heterocycles. The Labute approximate surface area is 183 Å². The van der Waals surface area contributed by atoms with Crippen molar-refractivity contribution >= 4 is 17.0 Å². The van der Waals surface area contributed by atoms with Gasteiger partial charge in [-0.05, 0) is 49.7 Å².